The number of rotatable bonds is 8. The van der Waals surface area contributed by atoms with Crippen LogP contribution in [0.25, 0.3) is 11.4 Å². The number of nitrogens with one attached hydrogen (secondary N) is 2. The molecule has 28 heavy (non-hydrogen) atoms. The molecule has 1 amide bonds. The van der Waals surface area contributed by atoms with E-state index in [0.29, 0.717) is 17.3 Å². The van der Waals surface area contributed by atoms with E-state index in [1.165, 1.54) is 5.56 Å². The van der Waals surface area contributed by atoms with E-state index in [2.05, 4.69) is 32.7 Å². The largest absolute Gasteiger partial charge is 0.370 e. The lowest BCUT2D eigenvalue weighted by Gasteiger charge is -2.13. The van der Waals surface area contributed by atoms with Crippen molar-refractivity contribution < 1.29 is 4.79 Å². The van der Waals surface area contributed by atoms with Gasteiger partial charge in [-0.05, 0) is 25.3 Å². The first-order valence-electron chi connectivity index (χ1n) is 9.69. The van der Waals surface area contributed by atoms with Crippen molar-refractivity contribution >= 4 is 11.7 Å². The number of amides is 1. The predicted octanol–water partition coefficient (Wildman–Crippen LogP) is 4.33. The molecule has 0 saturated heterocycles. The van der Waals surface area contributed by atoms with Crippen LogP contribution < -0.4 is 10.6 Å². The molecule has 0 aliphatic rings. The number of hydrogen-bond acceptors (Lipinski definition) is 4. The molecular weight excluding hydrogens is 348 g/mol. The third kappa shape index (κ3) is 5.39. The van der Waals surface area contributed by atoms with Gasteiger partial charge in [-0.1, -0.05) is 67.6 Å². The van der Waals surface area contributed by atoms with Crippen LogP contribution in [0.3, 0.4) is 0 Å². The van der Waals surface area contributed by atoms with Crippen LogP contribution in [0.15, 0.2) is 66.7 Å². The second-order valence-corrected chi connectivity index (χ2v) is 6.77. The molecule has 0 fully saturated rings. The summed E-state index contributed by atoms with van der Waals surface area (Å²) in [6.45, 7) is 4.74. The second-order valence-electron chi connectivity index (χ2n) is 6.77. The average molecular weight is 374 g/mol. The zero-order valence-electron chi connectivity index (χ0n) is 16.4. The molecule has 2 N–H and O–H groups in total. The van der Waals surface area contributed by atoms with Crippen LogP contribution >= 0.6 is 0 Å². The molecule has 1 unspecified atom stereocenters. The molecule has 5 heteroatoms. The lowest BCUT2D eigenvalue weighted by molar-refractivity contribution is 0.0934. The summed E-state index contributed by atoms with van der Waals surface area (Å²) in [5.74, 6) is 1.01. The molecule has 3 aromatic rings. The van der Waals surface area contributed by atoms with Crippen molar-refractivity contribution in [2.45, 2.75) is 32.7 Å². The summed E-state index contributed by atoms with van der Waals surface area (Å²) >= 11 is 0. The fourth-order valence-corrected chi connectivity index (χ4v) is 2.75. The second kappa shape index (κ2) is 9.65. The van der Waals surface area contributed by atoms with Crippen LogP contribution in [0.2, 0.25) is 0 Å². The molecule has 3 rings (SSSR count). The fourth-order valence-electron chi connectivity index (χ4n) is 2.75. The van der Waals surface area contributed by atoms with Crippen molar-refractivity contribution in [3.05, 3.63) is 78.0 Å². The minimum absolute atomic E-state index is 0.0946. The summed E-state index contributed by atoms with van der Waals surface area (Å²) in [5, 5.41) is 6.31. The molecule has 144 valence electrons. The number of aromatic nitrogens is 2. The van der Waals surface area contributed by atoms with Crippen LogP contribution in [0.5, 0.6) is 0 Å². The minimum Gasteiger partial charge on any atom is -0.370 e. The minimum atomic E-state index is -0.181. The standard InChI is InChI=1S/C23H26N4O/c1-3-17(2)25-23(28)20-16-21(24-15-14-18-10-6-4-7-11-18)27-22(26-20)19-12-8-5-9-13-19/h4-13,16-17H,3,14-15H2,1-2H3,(H,25,28)(H,24,26,27). The molecule has 1 atom stereocenters. The first kappa shape index (κ1) is 19.5. The highest BCUT2D eigenvalue weighted by Crippen LogP contribution is 2.18. The summed E-state index contributed by atoms with van der Waals surface area (Å²) < 4.78 is 0. The average Bonchev–Trinajstić information content (AvgIpc) is 2.75. The zero-order valence-corrected chi connectivity index (χ0v) is 16.4. The third-order valence-corrected chi connectivity index (χ3v) is 4.54. The van der Waals surface area contributed by atoms with E-state index >= 15 is 0 Å². The maximum Gasteiger partial charge on any atom is 0.270 e. The quantitative estimate of drug-likeness (QED) is 0.616. The molecular formula is C23H26N4O. The third-order valence-electron chi connectivity index (χ3n) is 4.54. The number of carbonyl (C=O) groups excluding carboxylic acids is 1. The Kier molecular flexibility index (Phi) is 6.73. The zero-order chi connectivity index (χ0) is 19.8. The van der Waals surface area contributed by atoms with Crippen LogP contribution in [0.4, 0.5) is 5.82 Å². The van der Waals surface area contributed by atoms with E-state index in [9.17, 15) is 4.79 Å². The summed E-state index contributed by atoms with van der Waals surface area (Å²) in [6, 6.07) is 21.8. The van der Waals surface area contributed by atoms with Crippen molar-refractivity contribution in [3.8, 4) is 11.4 Å². The first-order chi connectivity index (χ1) is 13.7. The Balaban J connectivity index is 1.81. The molecule has 2 aromatic carbocycles. The van der Waals surface area contributed by atoms with E-state index in [0.717, 1.165) is 24.9 Å². The molecule has 0 bridgehead atoms. The molecule has 0 radical (unpaired) electrons. The Morgan fingerprint density at radius 1 is 1.00 bits per heavy atom. The number of anilines is 1. The molecule has 5 nitrogen and oxygen atoms in total. The van der Waals surface area contributed by atoms with Gasteiger partial charge in [-0.3, -0.25) is 4.79 Å². The predicted molar refractivity (Wildman–Crippen MR) is 113 cm³/mol. The van der Waals surface area contributed by atoms with Gasteiger partial charge in [-0.2, -0.15) is 0 Å². The van der Waals surface area contributed by atoms with Crippen LogP contribution in [0.1, 0.15) is 36.3 Å². The molecule has 0 spiro atoms. The van der Waals surface area contributed by atoms with Crippen molar-refractivity contribution in [1.82, 2.24) is 15.3 Å². The Hall–Kier alpha value is -3.21. The van der Waals surface area contributed by atoms with Gasteiger partial charge in [0.15, 0.2) is 5.82 Å². The lowest BCUT2D eigenvalue weighted by Crippen LogP contribution is -2.32. The van der Waals surface area contributed by atoms with Crippen molar-refractivity contribution in [1.29, 1.82) is 0 Å². The Labute approximate surface area is 166 Å². The van der Waals surface area contributed by atoms with Crippen molar-refractivity contribution in [2.24, 2.45) is 0 Å². The number of benzene rings is 2. The number of nitrogens with zero attached hydrogens (tertiary/aromatic N) is 2. The lowest BCUT2D eigenvalue weighted by atomic mass is 10.1. The van der Waals surface area contributed by atoms with E-state index in [-0.39, 0.29) is 11.9 Å². The fraction of sp³-hybridized carbons (Fsp3) is 0.261. The van der Waals surface area contributed by atoms with Gasteiger partial charge in [0.2, 0.25) is 0 Å². The monoisotopic (exact) mass is 374 g/mol. The van der Waals surface area contributed by atoms with E-state index in [4.69, 9.17) is 0 Å². The first-order valence-corrected chi connectivity index (χ1v) is 9.69. The van der Waals surface area contributed by atoms with Gasteiger partial charge in [0.1, 0.15) is 11.5 Å². The summed E-state index contributed by atoms with van der Waals surface area (Å²) in [5.41, 5.74) is 2.50. The Bertz CT molecular complexity index is 897. The van der Waals surface area contributed by atoms with E-state index in [1.807, 2.05) is 62.4 Å². The normalized spacial score (nSPS) is 11.6. The highest BCUT2D eigenvalue weighted by molar-refractivity contribution is 5.93. The van der Waals surface area contributed by atoms with Crippen LogP contribution in [-0.4, -0.2) is 28.5 Å². The molecule has 1 heterocycles. The van der Waals surface area contributed by atoms with Crippen molar-refractivity contribution in [3.63, 3.8) is 0 Å². The van der Waals surface area contributed by atoms with Gasteiger partial charge in [0.05, 0.1) is 0 Å². The number of carbonyl (C=O) groups is 1. The van der Waals surface area contributed by atoms with Gasteiger partial charge in [-0.15, -0.1) is 0 Å². The highest BCUT2D eigenvalue weighted by atomic mass is 16.1. The van der Waals surface area contributed by atoms with E-state index < -0.39 is 0 Å². The maximum atomic E-state index is 12.6. The van der Waals surface area contributed by atoms with Crippen LogP contribution in [-0.2, 0) is 6.42 Å². The summed E-state index contributed by atoms with van der Waals surface area (Å²) in [4.78, 5) is 21.7. The Morgan fingerprint density at radius 2 is 1.68 bits per heavy atom. The van der Waals surface area contributed by atoms with Gasteiger partial charge in [-0.25, -0.2) is 9.97 Å². The van der Waals surface area contributed by atoms with E-state index in [1.54, 1.807) is 6.07 Å². The molecule has 1 aromatic heterocycles. The summed E-state index contributed by atoms with van der Waals surface area (Å²) in [6.07, 6.45) is 1.74. The molecule has 0 aliphatic heterocycles. The van der Waals surface area contributed by atoms with Gasteiger partial charge < -0.3 is 10.6 Å². The maximum absolute atomic E-state index is 12.6. The number of hydrogen-bond donors (Lipinski definition) is 2. The van der Waals surface area contributed by atoms with Crippen LogP contribution in [0, 0.1) is 0 Å². The topological polar surface area (TPSA) is 66.9 Å². The molecule has 0 aliphatic carbocycles. The SMILES string of the molecule is CCC(C)NC(=O)c1cc(NCCc2ccccc2)nc(-c2ccccc2)n1. The van der Waals surface area contributed by atoms with Crippen molar-refractivity contribution in [2.75, 3.05) is 11.9 Å². The smallest absolute Gasteiger partial charge is 0.270 e. The van der Waals surface area contributed by atoms with Gasteiger partial charge in [0, 0.05) is 24.2 Å². The highest BCUT2D eigenvalue weighted by Gasteiger charge is 2.14. The molecule has 0 saturated carbocycles. The van der Waals surface area contributed by atoms with Gasteiger partial charge in [0.25, 0.3) is 5.91 Å². The van der Waals surface area contributed by atoms with Gasteiger partial charge >= 0.3 is 0 Å². The Morgan fingerprint density at radius 3 is 2.36 bits per heavy atom. The summed E-state index contributed by atoms with van der Waals surface area (Å²) in [7, 11) is 0.